The Morgan fingerprint density at radius 2 is 2.21 bits per heavy atom. The highest BCUT2D eigenvalue weighted by Gasteiger charge is 2.22. The van der Waals surface area contributed by atoms with Crippen LogP contribution in [0, 0.1) is 0 Å². The van der Waals surface area contributed by atoms with Crippen molar-refractivity contribution in [1.29, 1.82) is 0 Å². The summed E-state index contributed by atoms with van der Waals surface area (Å²) in [5.41, 5.74) is 5.55. The minimum absolute atomic E-state index is 0.428. The summed E-state index contributed by atoms with van der Waals surface area (Å²) in [6, 6.07) is 0. The summed E-state index contributed by atoms with van der Waals surface area (Å²) in [5.74, 6) is 1.10. The van der Waals surface area contributed by atoms with E-state index < -0.39 is 5.66 Å². The lowest BCUT2D eigenvalue weighted by atomic mass is 10.1. The molecule has 0 aliphatic carbocycles. The third kappa shape index (κ3) is 2.08. The molecule has 2 heterocycles. The molecule has 1 fully saturated rings. The predicted molar refractivity (Wildman–Crippen MR) is 55.3 cm³/mol. The lowest BCUT2D eigenvalue weighted by Crippen LogP contribution is -2.54. The second-order valence-corrected chi connectivity index (χ2v) is 3.92. The Morgan fingerprint density at radius 1 is 1.50 bits per heavy atom. The number of hydrogen-bond acceptors (Lipinski definition) is 4. The number of ether oxygens (including phenoxy) is 1. The van der Waals surface area contributed by atoms with Crippen LogP contribution < -0.4 is 11.1 Å². The molecular weight excluding hydrogens is 178 g/mol. The zero-order chi connectivity index (χ0) is 10.0. The SMILES string of the molecule is CC1(N)C=CC=C(N2CCOCC2)N1. The van der Waals surface area contributed by atoms with Crippen molar-refractivity contribution in [2.75, 3.05) is 26.3 Å². The fraction of sp³-hybridized carbons (Fsp3) is 0.600. The average Bonchev–Trinajstić information content (AvgIpc) is 2.18. The molecule has 0 aromatic rings. The molecule has 1 atom stereocenters. The van der Waals surface area contributed by atoms with Gasteiger partial charge in [0.05, 0.1) is 13.2 Å². The van der Waals surface area contributed by atoms with Crippen molar-refractivity contribution >= 4 is 0 Å². The van der Waals surface area contributed by atoms with E-state index in [0.717, 1.165) is 32.1 Å². The van der Waals surface area contributed by atoms with Crippen molar-refractivity contribution in [3.05, 3.63) is 24.0 Å². The van der Waals surface area contributed by atoms with Crippen LogP contribution in [-0.4, -0.2) is 36.9 Å². The Bertz CT molecular complexity index is 265. The van der Waals surface area contributed by atoms with Gasteiger partial charge in [-0.05, 0) is 19.1 Å². The molecule has 1 unspecified atom stereocenters. The summed E-state index contributed by atoms with van der Waals surface area (Å²) in [6.45, 7) is 5.41. The lowest BCUT2D eigenvalue weighted by molar-refractivity contribution is 0.0484. The quantitative estimate of drug-likeness (QED) is 0.618. The standard InChI is InChI=1S/C10H17N3O/c1-10(11)4-2-3-9(12-10)13-5-7-14-8-6-13/h2-4,12H,5-8,11H2,1H3. The highest BCUT2D eigenvalue weighted by molar-refractivity contribution is 5.22. The number of allylic oxidation sites excluding steroid dienone is 2. The minimum Gasteiger partial charge on any atom is -0.378 e. The molecule has 4 heteroatoms. The summed E-state index contributed by atoms with van der Waals surface area (Å²) in [6.07, 6.45) is 6.01. The predicted octanol–water partition coefficient (Wildman–Crippen LogP) is -0.00570. The molecule has 0 aromatic carbocycles. The summed E-state index contributed by atoms with van der Waals surface area (Å²) in [7, 11) is 0. The highest BCUT2D eigenvalue weighted by Crippen LogP contribution is 2.13. The maximum atomic E-state index is 5.98. The van der Waals surface area contributed by atoms with E-state index >= 15 is 0 Å². The van der Waals surface area contributed by atoms with Crippen LogP contribution in [0.3, 0.4) is 0 Å². The molecule has 2 aliphatic rings. The van der Waals surface area contributed by atoms with Crippen molar-refractivity contribution in [2.45, 2.75) is 12.6 Å². The molecule has 2 rings (SSSR count). The van der Waals surface area contributed by atoms with Crippen LogP contribution in [0.4, 0.5) is 0 Å². The van der Waals surface area contributed by atoms with E-state index in [1.165, 1.54) is 0 Å². The minimum atomic E-state index is -0.428. The number of rotatable bonds is 1. The van der Waals surface area contributed by atoms with Gasteiger partial charge in [0.25, 0.3) is 0 Å². The summed E-state index contributed by atoms with van der Waals surface area (Å²) in [4.78, 5) is 2.26. The first kappa shape index (κ1) is 9.55. The molecule has 0 amide bonds. The molecule has 3 N–H and O–H groups in total. The Kier molecular flexibility index (Phi) is 2.48. The number of nitrogens with one attached hydrogen (secondary N) is 1. The van der Waals surface area contributed by atoms with Gasteiger partial charge in [-0.2, -0.15) is 0 Å². The number of hydrogen-bond donors (Lipinski definition) is 2. The van der Waals surface area contributed by atoms with E-state index in [9.17, 15) is 0 Å². The summed E-state index contributed by atoms with van der Waals surface area (Å²) < 4.78 is 5.30. The van der Waals surface area contributed by atoms with Gasteiger partial charge in [0.1, 0.15) is 11.5 Å². The molecule has 0 spiro atoms. The fourth-order valence-corrected chi connectivity index (χ4v) is 1.69. The smallest absolute Gasteiger partial charge is 0.103 e. The van der Waals surface area contributed by atoms with Crippen LogP contribution >= 0.6 is 0 Å². The second-order valence-electron chi connectivity index (χ2n) is 3.92. The Labute approximate surface area is 84.4 Å². The van der Waals surface area contributed by atoms with Crippen LogP contribution in [0.15, 0.2) is 24.0 Å². The highest BCUT2D eigenvalue weighted by atomic mass is 16.5. The van der Waals surface area contributed by atoms with E-state index in [1.807, 2.05) is 19.1 Å². The molecule has 78 valence electrons. The van der Waals surface area contributed by atoms with E-state index in [2.05, 4.69) is 16.3 Å². The largest absolute Gasteiger partial charge is 0.378 e. The van der Waals surface area contributed by atoms with Gasteiger partial charge >= 0.3 is 0 Å². The molecule has 14 heavy (non-hydrogen) atoms. The van der Waals surface area contributed by atoms with Gasteiger partial charge in [-0.3, -0.25) is 0 Å². The third-order valence-electron chi connectivity index (χ3n) is 2.45. The van der Waals surface area contributed by atoms with Crippen molar-refractivity contribution in [3.63, 3.8) is 0 Å². The average molecular weight is 195 g/mol. The maximum absolute atomic E-state index is 5.98. The fourth-order valence-electron chi connectivity index (χ4n) is 1.69. The maximum Gasteiger partial charge on any atom is 0.103 e. The first-order valence-corrected chi connectivity index (χ1v) is 4.97. The molecule has 0 aromatic heterocycles. The van der Waals surface area contributed by atoms with Crippen molar-refractivity contribution in [2.24, 2.45) is 5.73 Å². The molecule has 1 saturated heterocycles. The van der Waals surface area contributed by atoms with Gasteiger partial charge < -0.3 is 20.7 Å². The van der Waals surface area contributed by atoms with Crippen LogP contribution in [-0.2, 0) is 4.74 Å². The van der Waals surface area contributed by atoms with Gasteiger partial charge in [0.15, 0.2) is 0 Å². The summed E-state index contributed by atoms with van der Waals surface area (Å²) in [5, 5.41) is 3.28. The molecule has 0 saturated carbocycles. The molecule has 2 aliphatic heterocycles. The number of nitrogens with two attached hydrogens (primary N) is 1. The van der Waals surface area contributed by atoms with Crippen molar-refractivity contribution in [3.8, 4) is 0 Å². The zero-order valence-electron chi connectivity index (χ0n) is 8.49. The van der Waals surface area contributed by atoms with Gasteiger partial charge in [-0.1, -0.05) is 6.08 Å². The molecule has 0 radical (unpaired) electrons. The van der Waals surface area contributed by atoms with Crippen LogP contribution in [0.1, 0.15) is 6.92 Å². The second kappa shape index (κ2) is 3.63. The van der Waals surface area contributed by atoms with Gasteiger partial charge in [0, 0.05) is 13.1 Å². The monoisotopic (exact) mass is 195 g/mol. The normalized spacial score (nSPS) is 32.4. The molecule has 4 nitrogen and oxygen atoms in total. The van der Waals surface area contributed by atoms with E-state index in [1.54, 1.807) is 0 Å². The van der Waals surface area contributed by atoms with Crippen molar-refractivity contribution < 1.29 is 4.74 Å². The van der Waals surface area contributed by atoms with E-state index in [4.69, 9.17) is 10.5 Å². The number of morpholine rings is 1. The first-order chi connectivity index (χ1) is 6.67. The number of dihydropyridines is 1. The van der Waals surface area contributed by atoms with Crippen LogP contribution in [0.5, 0.6) is 0 Å². The van der Waals surface area contributed by atoms with Crippen LogP contribution in [0.25, 0.3) is 0 Å². The van der Waals surface area contributed by atoms with Crippen LogP contribution in [0.2, 0.25) is 0 Å². The Morgan fingerprint density at radius 3 is 2.86 bits per heavy atom. The van der Waals surface area contributed by atoms with Gasteiger partial charge in [-0.15, -0.1) is 0 Å². The zero-order valence-corrected chi connectivity index (χ0v) is 8.49. The van der Waals surface area contributed by atoms with Crippen molar-refractivity contribution in [1.82, 2.24) is 10.2 Å². The van der Waals surface area contributed by atoms with Gasteiger partial charge in [0.2, 0.25) is 0 Å². The Balaban J connectivity index is 2.03. The Hall–Kier alpha value is -1.00. The lowest BCUT2D eigenvalue weighted by Gasteiger charge is -2.37. The number of nitrogens with zero attached hydrogens (tertiary/aromatic N) is 1. The third-order valence-corrected chi connectivity index (χ3v) is 2.45. The first-order valence-electron chi connectivity index (χ1n) is 4.97. The van der Waals surface area contributed by atoms with E-state index in [0.29, 0.717) is 0 Å². The molecular formula is C10H17N3O. The molecule has 0 bridgehead atoms. The summed E-state index contributed by atoms with van der Waals surface area (Å²) >= 11 is 0. The topological polar surface area (TPSA) is 50.5 Å². The van der Waals surface area contributed by atoms with Gasteiger partial charge in [-0.25, -0.2) is 0 Å². The van der Waals surface area contributed by atoms with E-state index in [-0.39, 0.29) is 0 Å².